The summed E-state index contributed by atoms with van der Waals surface area (Å²) in [7, 11) is 0. The van der Waals surface area contributed by atoms with Crippen LogP contribution in [-0.2, 0) is 4.79 Å². The molecule has 0 spiro atoms. The first-order valence-electron chi connectivity index (χ1n) is 9.05. The van der Waals surface area contributed by atoms with Crippen molar-refractivity contribution in [1.82, 2.24) is 4.57 Å². The highest BCUT2D eigenvalue weighted by molar-refractivity contribution is 6.30. The molecule has 0 amide bonds. The number of carbonyl (C=O) groups excluding carboxylic acids is 2. The molecule has 0 saturated carbocycles. The smallest absolute Gasteiger partial charge is 0.310 e. The molecule has 1 atom stereocenters. The van der Waals surface area contributed by atoms with Crippen molar-refractivity contribution in [2.24, 2.45) is 0 Å². The second-order valence-corrected chi connectivity index (χ2v) is 6.83. The molecule has 29 heavy (non-hydrogen) atoms. The number of nitrogens with zero attached hydrogens (tertiary/aromatic N) is 1. The molecule has 1 aliphatic rings. The maximum Gasteiger partial charge on any atom is 0.310 e. The Kier molecular flexibility index (Phi) is 4.23. The third kappa shape index (κ3) is 2.62. The Morgan fingerprint density at radius 3 is 1.79 bits per heavy atom. The number of aliphatic carboxylic acids is 1. The summed E-state index contributed by atoms with van der Waals surface area (Å²) in [6.07, 6.45) is 0.407. The summed E-state index contributed by atoms with van der Waals surface area (Å²) >= 11 is 0. The van der Waals surface area contributed by atoms with E-state index in [9.17, 15) is 29.7 Å². The van der Waals surface area contributed by atoms with Crippen LogP contribution in [0.5, 0.6) is 11.8 Å². The van der Waals surface area contributed by atoms with Crippen molar-refractivity contribution in [3.63, 3.8) is 0 Å². The van der Waals surface area contributed by atoms with Gasteiger partial charge in [0.25, 0.3) is 0 Å². The maximum atomic E-state index is 12.8. The summed E-state index contributed by atoms with van der Waals surface area (Å²) < 4.78 is 1.01. The summed E-state index contributed by atoms with van der Waals surface area (Å²) in [5, 5.41) is 30.6. The predicted octanol–water partition coefficient (Wildman–Crippen LogP) is 3.24. The number of carbonyl (C=O) groups is 3. The van der Waals surface area contributed by atoms with E-state index in [-0.39, 0.29) is 22.3 Å². The monoisotopic (exact) mass is 391 g/mol. The maximum absolute atomic E-state index is 12.8. The van der Waals surface area contributed by atoms with Gasteiger partial charge in [-0.05, 0) is 24.1 Å². The molecule has 0 saturated heterocycles. The first kappa shape index (κ1) is 18.5. The van der Waals surface area contributed by atoms with Crippen molar-refractivity contribution in [2.75, 3.05) is 0 Å². The van der Waals surface area contributed by atoms with Gasteiger partial charge in [-0.3, -0.25) is 19.0 Å². The van der Waals surface area contributed by atoms with E-state index in [0.29, 0.717) is 17.7 Å². The van der Waals surface area contributed by atoms with Gasteiger partial charge >= 0.3 is 5.97 Å². The standard InChI is InChI=1S/C22H17NO6/c1-2-13(22(28)29)11-7-9-12(10-8-11)23-20(26)16-17(21(23)27)19(25)15-6-4-3-5-14(15)18(16)24/h3-10,13,26-27H,2H2,1H3,(H,28,29). The zero-order valence-corrected chi connectivity index (χ0v) is 15.4. The van der Waals surface area contributed by atoms with Gasteiger partial charge in [-0.1, -0.05) is 43.3 Å². The summed E-state index contributed by atoms with van der Waals surface area (Å²) in [5.41, 5.74) is 0.710. The molecular weight excluding hydrogens is 374 g/mol. The van der Waals surface area contributed by atoms with E-state index in [4.69, 9.17) is 0 Å². The van der Waals surface area contributed by atoms with E-state index in [2.05, 4.69) is 0 Å². The second-order valence-electron chi connectivity index (χ2n) is 6.83. The Balaban J connectivity index is 1.85. The minimum atomic E-state index is -0.948. The fourth-order valence-corrected chi connectivity index (χ4v) is 3.78. The lowest BCUT2D eigenvalue weighted by Gasteiger charge is -2.13. The molecule has 146 valence electrons. The molecule has 0 aliphatic heterocycles. The molecule has 4 rings (SSSR count). The number of carboxylic acid groups (broad SMARTS) is 1. The van der Waals surface area contributed by atoms with Crippen molar-refractivity contribution in [1.29, 1.82) is 0 Å². The van der Waals surface area contributed by atoms with Gasteiger partial charge in [-0.2, -0.15) is 0 Å². The van der Waals surface area contributed by atoms with E-state index in [0.717, 1.165) is 4.57 Å². The van der Waals surface area contributed by atoms with Gasteiger partial charge < -0.3 is 15.3 Å². The molecule has 1 unspecified atom stereocenters. The summed E-state index contributed by atoms with van der Waals surface area (Å²) in [4.78, 5) is 37.0. The lowest BCUT2D eigenvalue weighted by atomic mass is 9.86. The molecule has 3 N–H and O–H groups in total. The number of hydrogen-bond donors (Lipinski definition) is 3. The lowest BCUT2D eigenvalue weighted by Crippen LogP contribution is -2.19. The van der Waals surface area contributed by atoms with Crippen molar-refractivity contribution >= 4 is 17.5 Å². The summed E-state index contributed by atoms with van der Waals surface area (Å²) in [6, 6.07) is 12.4. The molecule has 1 aromatic heterocycles. The number of hydrogen-bond acceptors (Lipinski definition) is 5. The number of benzene rings is 2. The molecule has 3 aromatic rings. The highest BCUT2D eigenvalue weighted by Gasteiger charge is 2.38. The minimum Gasteiger partial charge on any atom is -0.494 e. The van der Waals surface area contributed by atoms with Crippen LogP contribution in [0.25, 0.3) is 5.69 Å². The van der Waals surface area contributed by atoms with E-state index >= 15 is 0 Å². The van der Waals surface area contributed by atoms with Crippen LogP contribution in [0.2, 0.25) is 0 Å². The van der Waals surface area contributed by atoms with Gasteiger partial charge in [0.15, 0.2) is 11.6 Å². The van der Waals surface area contributed by atoms with Crippen molar-refractivity contribution in [3.8, 4) is 17.4 Å². The van der Waals surface area contributed by atoms with Gasteiger partial charge in [0.05, 0.1) is 22.7 Å². The second kappa shape index (κ2) is 6.63. The first-order valence-corrected chi connectivity index (χ1v) is 9.05. The molecule has 0 radical (unpaired) electrons. The fraction of sp³-hybridized carbons (Fsp3) is 0.136. The number of ketones is 2. The van der Waals surface area contributed by atoms with Crippen LogP contribution in [0.3, 0.4) is 0 Å². The summed E-state index contributed by atoms with van der Waals surface area (Å²) in [6.45, 7) is 1.76. The zero-order valence-electron chi connectivity index (χ0n) is 15.4. The summed E-state index contributed by atoms with van der Waals surface area (Å²) in [5.74, 6) is -3.80. The van der Waals surface area contributed by atoms with Crippen LogP contribution in [-0.4, -0.2) is 37.4 Å². The van der Waals surface area contributed by atoms with Crippen LogP contribution in [0.15, 0.2) is 48.5 Å². The Labute approximate surface area is 165 Å². The number of rotatable bonds is 4. The van der Waals surface area contributed by atoms with Crippen molar-refractivity contribution in [3.05, 3.63) is 76.3 Å². The fourth-order valence-electron chi connectivity index (χ4n) is 3.78. The van der Waals surface area contributed by atoms with Crippen LogP contribution >= 0.6 is 0 Å². The number of fused-ring (bicyclic) bond motifs is 2. The number of carboxylic acids is 1. The van der Waals surface area contributed by atoms with Gasteiger partial charge in [-0.15, -0.1) is 0 Å². The van der Waals surface area contributed by atoms with Gasteiger partial charge in [0, 0.05) is 11.1 Å². The van der Waals surface area contributed by atoms with E-state index in [1.165, 1.54) is 24.3 Å². The van der Waals surface area contributed by atoms with Gasteiger partial charge in [-0.25, -0.2) is 0 Å². The normalized spacial score (nSPS) is 13.7. The molecule has 7 nitrogen and oxygen atoms in total. The lowest BCUT2D eigenvalue weighted by molar-refractivity contribution is -0.138. The predicted molar refractivity (Wildman–Crippen MR) is 103 cm³/mol. The van der Waals surface area contributed by atoms with Crippen LogP contribution < -0.4 is 0 Å². The first-order chi connectivity index (χ1) is 13.9. The van der Waals surface area contributed by atoms with Crippen LogP contribution in [0.4, 0.5) is 0 Å². The van der Waals surface area contributed by atoms with Crippen molar-refractivity contribution < 1.29 is 29.7 Å². The highest BCUT2D eigenvalue weighted by atomic mass is 16.4. The van der Waals surface area contributed by atoms with Crippen LogP contribution in [0, 0.1) is 0 Å². The molecule has 0 bridgehead atoms. The Morgan fingerprint density at radius 1 is 0.897 bits per heavy atom. The topological polar surface area (TPSA) is 117 Å². The minimum absolute atomic E-state index is 0.167. The molecule has 2 aromatic carbocycles. The van der Waals surface area contributed by atoms with E-state index < -0.39 is 35.2 Å². The van der Waals surface area contributed by atoms with Gasteiger partial charge in [0.2, 0.25) is 11.8 Å². The number of aromatic hydroxyl groups is 2. The third-order valence-electron chi connectivity index (χ3n) is 5.25. The van der Waals surface area contributed by atoms with Crippen molar-refractivity contribution in [2.45, 2.75) is 19.3 Å². The number of aromatic nitrogens is 1. The Hall–Kier alpha value is -3.87. The highest BCUT2D eigenvalue weighted by Crippen LogP contribution is 2.42. The molecule has 1 aliphatic carbocycles. The average molecular weight is 391 g/mol. The Morgan fingerprint density at radius 2 is 1.38 bits per heavy atom. The van der Waals surface area contributed by atoms with Crippen LogP contribution in [0.1, 0.15) is 56.7 Å². The SMILES string of the molecule is CCC(C(=O)O)c1ccc(-n2c(O)c3c(c2O)C(=O)c2ccccc2C3=O)cc1. The Bertz CT molecular complexity index is 1110. The molecule has 1 heterocycles. The average Bonchev–Trinajstić information content (AvgIpc) is 2.98. The quantitative estimate of drug-likeness (QED) is 0.492. The van der Waals surface area contributed by atoms with E-state index in [1.807, 2.05) is 0 Å². The third-order valence-corrected chi connectivity index (χ3v) is 5.25. The van der Waals surface area contributed by atoms with Gasteiger partial charge in [0.1, 0.15) is 0 Å². The largest absolute Gasteiger partial charge is 0.494 e. The molecule has 7 heteroatoms. The molecule has 0 fully saturated rings. The molecular formula is C22H17NO6. The zero-order chi connectivity index (χ0) is 20.9. The van der Waals surface area contributed by atoms with E-state index in [1.54, 1.807) is 31.2 Å².